The molecule has 0 aliphatic carbocycles. The van der Waals surface area contributed by atoms with Gasteiger partial charge in [0.05, 0.1) is 40.0 Å². The van der Waals surface area contributed by atoms with E-state index in [9.17, 15) is 32.9 Å². The summed E-state index contributed by atoms with van der Waals surface area (Å²) < 4.78 is 49.1. The number of non-ortho nitro benzene ring substituents is 1. The van der Waals surface area contributed by atoms with Crippen LogP contribution in [0.25, 0.3) is 0 Å². The molecule has 0 spiro atoms. The Kier molecular flexibility index (Phi) is 7.39. The second-order valence-corrected chi connectivity index (χ2v) is 7.28. The Bertz CT molecular complexity index is 1070. The highest BCUT2D eigenvalue weighted by molar-refractivity contribution is 6.31. The first-order valence-electron chi connectivity index (χ1n) is 9.51. The summed E-state index contributed by atoms with van der Waals surface area (Å²) in [6.45, 7) is 0.852. The number of carbonyl (C=O) groups excluding carboxylic acids is 2. The number of rotatable bonds is 6. The number of nitrogens with one attached hydrogen (secondary N) is 1. The van der Waals surface area contributed by atoms with Gasteiger partial charge < -0.3 is 19.7 Å². The van der Waals surface area contributed by atoms with Gasteiger partial charge >= 0.3 is 12.1 Å². The zero-order valence-corrected chi connectivity index (χ0v) is 17.6. The van der Waals surface area contributed by atoms with E-state index in [0.717, 1.165) is 18.2 Å². The zero-order chi connectivity index (χ0) is 24.2. The van der Waals surface area contributed by atoms with Crippen LogP contribution in [0, 0.1) is 10.1 Å². The molecule has 13 heteroatoms. The molecule has 2 aromatic rings. The van der Waals surface area contributed by atoms with Crippen molar-refractivity contribution in [1.29, 1.82) is 0 Å². The van der Waals surface area contributed by atoms with Crippen molar-refractivity contribution in [3.8, 4) is 0 Å². The molecule has 0 radical (unpaired) electrons. The van der Waals surface area contributed by atoms with Crippen LogP contribution in [0.4, 0.5) is 30.2 Å². The van der Waals surface area contributed by atoms with E-state index in [4.69, 9.17) is 21.1 Å². The number of ether oxygens (including phenoxy) is 2. The fraction of sp³-hybridized carbons (Fsp3) is 0.300. The van der Waals surface area contributed by atoms with Gasteiger partial charge in [-0.3, -0.25) is 14.9 Å². The van der Waals surface area contributed by atoms with Gasteiger partial charge in [-0.1, -0.05) is 11.6 Å². The van der Waals surface area contributed by atoms with E-state index in [2.05, 4.69) is 5.32 Å². The largest absolute Gasteiger partial charge is 0.452 e. The number of nitro benzene ring substituents is 1. The number of amides is 1. The summed E-state index contributed by atoms with van der Waals surface area (Å²) in [5.41, 5.74) is -1.42. The summed E-state index contributed by atoms with van der Waals surface area (Å²) in [4.78, 5) is 37.0. The quantitative estimate of drug-likeness (QED) is 0.373. The van der Waals surface area contributed by atoms with E-state index < -0.39 is 40.2 Å². The third-order valence-electron chi connectivity index (χ3n) is 4.65. The van der Waals surface area contributed by atoms with Crippen molar-refractivity contribution in [3.63, 3.8) is 0 Å². The normalized spacial score (nSPS) is 14.0. The van der Waals surface area contributed by atoms with Crippen molar-refractivity contribution >= 4 is 40.5 Å². The van der Waals surface area contributed by atoms with Crippen LogP contribution in [-0.2, 0) is 20.4 Å². The predicted octanol–water partition coefficient (Wildman–Crippen LogP) is 3.90. The molecule has 0 bridgehead atoms. The molecule has 1 aliphatic rings. The molecule has 0 atom stereocenters. The maximum absolute atomic E-state index is 13.0. The summed E-state index contributed by atoms with van der Waals surface area (Å²) in [6, 6.07) is 6.48. The number of hydrogen-bond acceptors (Lipinski definition) is 7. The number of halogens is 4. The summed E-state index contributed by atoms with van der Waals surface area (Å²) in [7, 11) is 0. The Morgan fingerprint density at radius 3 is 2.52 bits per heavy atom. The highest BCUT2D eigenvalue weighted by Crippen LogP contribution is 2.36. The molecule has 1 aliphatic heterocycles. The van der Waals surface area contributed by atoms with E-state index in [0.29, 0.717) is 38.1 Å². The standard InChI is InChI=1S/C20H17ClF3N3O6/c21-16-3-1-12(9-15(16)20(22,23)24)25-18(28)11-33-19(29)14-10-13(27(30)31)2-4-17(14)26-5-7-32-8-6-26/h1-4,9-10H,5-8,11H2,(H,25,28). The molecule has 2 aromatic carbocycles. The Morgan fingerprint density at radius 1 is 1.18 bits per heavy atom. The van der Waals surface area contributed by atoms with E-state index in [1.54, 1.807) is 4.90 Å². The molecule has 1 N–H and O–H groups in total. The van der Waals surface area contributed by atoms with E-state index in [-0.39, 0.29) is 16.9 Å². The van der Waals surface area contributed by atoms with Gasteiger partial charge in [-0.2, -0.15) is 13.2 Å². The molecular weight excluding hydrogens is 471 g/mol. The van der Waals surface area contributed by atoms with Crippen LogP contribution in [0.3, 0.4) is 0 Å². The number of anilines is 2. The van der Waals surface area contributed by atoms with Crippen LogP contribution >= 0.6 is 11.6 Å². The summed E-state index contributed by atoms with van der Waals surface area (Å²) >= 11 is 5.54. The van der Waals surface area contributed by atoms with Gasteiger partial charge in [0, 0.05) is 30.9 Å². The van der Waals surface area contributed by atoms with Crippen LogP contribution in [0.15, 0.2) is 36.4 Å². The van der Waals surface area contributed by atoms with Gasteiger partial charge in [0.2, 0.25) is 0 Å². The van der Waals surface area contributed by atoms with Gasteiger partial charge in [-0.25, -0.2) is 4.79 Å². The molecule has 33 heavy (non-hydrogen) atoms. The van der Waals surface area contributed by atoms with E-state index in [1.165, 1.54) is 12.1 Å². The van der Waals surface area contributed by atoms with Gasteiger partial charge in [-0.05, 0) is 24.3 Å². The van der Waals surface area contributed by atoms with Crippen LogP contribution in [0.5, 0.6) is 0 Å². The molecule has 176 valence electrons. The van der Waals surface area contributed by atoms with Gasteiger partial charge in [0.15, 0.2) is 6.61 Å². The number of carbonyl (C=O) groups is 2. The average molecular weight is 488 g/mol. The number of hydrogen-bond donors (Lipinski definition) is 1. The van der Waals surface area contributed by atoms with Gasteiger partial charge in [-0.15, -0.1) is 0 Å². The van der Waals surface area contributed by atoms with Crippen molar-refractivity contribution in [1.82, 2.24) is 0 Å². The number of alkyl halides is 3. The number of nitro groups is 1. The Morgan fingerprint density at radius 2 is 1.88 bits per heavy atom. The van der Waals surface area contributed by atoms with Crippen molar-refractivity contribution in [3.05, 3.63) is 62.7 Å². The maximum atomic E-state index is 13.0. The Balaban J connectivity index is 1.72. The lowest BCUT2D eigenvalue weighted by atomic mass is 10.1. The minimum atomic E-state index is -4.72. The molecule has 1 fully saturated rings. The van der Waals surface area contributed by atoms with Crippen LogP contribution < -0.4 is 10.2 Å². The van der Waals surface area contributed by atoms with Crippen molar-refractivity contribution in [2.45, 2.75) is 6.18 Å². The number of morpholine rings is 1. The molecule has 3 rings (SSSR count). The number of esters is 1. The zero-order valence-electron chi connectivity index (χ0n) is 16.9. The molecule has 0 aromatic heterocycles. The lowest BCUT2D eigenvalue weighted by molar-refractivity contribution is -0.384. The van der Waals surface area contributed by atoms with Crippen molar-refractivity contribution in [2.75, 3.05) is 43.1 Å². The van der Waals surface area contributed by atoms with Gasteiger partial charge in [0.25, 0.3) is 11.6 Å². The summed E-state index contributed by atoms with van der Waals surface area (Å²) in [5, 5.41) is 12.8. The summed E-state index contributed by atoms with van der Waals surface area (Å²) in [5.74, 6) is -1.90. The molecule has 1 saturated heterocycles. The number of nitrogens with zero attached hydrogens (tertiary/aromatic N) is 2. The highest BCUT2D eigenvalue weighted by atomic mass is 35.5. The Labute approximate surface area is 190 Å². The second kappa shape index (κ2) is 10.0. The Hall–Kier alpha value is -3.38. The first-order valence-corrected chi connectivity index (χ1v) is 9.89. The van der Waals surface area contributed by atoms with E-state index >= 15 is 0 Å². The first kappa shape index (κ1) is 24.3. The smallest absolute Gasteiger partial charge is 0.417 e. The van der Waals surface area contributed by atoms with Crippen LogP contribution in [0.2, 0.25) is 5.02 Å². The topological polar surface area (TPSA) is 111 Å². The fourth-order valence-corrected chi connectivity index (χ4v) is 3.33. The van der Waals surface area contributed by atoms with E-state index in [1.807, 2.05) is 0 Å². The molecule has 9 nitrogen and oxygen atoms in total. The first-order chi connectivity index (χ1) is 15.6. The SMILES string of the molecule is O=C(COC(=O)c1cc([N+](=O)[O-])ccc1N1CCOCC1)Nc1ccc(Cl)c(C(F)(F)F)c1. The monoisotopic (exact) mass is 487 g/mol. The van der Waals surface area contributed by atoms with Crippen molar-refractivity contribution < 1.29 is 37.2 Å². The minimum absolute atomic E-state index is 0.121. The van der Waals surface area contributed by atoms with Crippen molar-refractivity contribution in [2.24, 2.45) is 0 Å². The lowest BCUT2D eigenvalue weighted by Gasteiger charge is -2.30. The third-order valence-corrected chi connectivity index (χ3v) is 4.98. The number of benzene rings is 2. The molecule has 1 heterocycles. The fourth-order valence-electron chi connectivity index (χ4n) is 3.11. The molecule has 0 unspecified atom stereocenters. The van der Waals surface area contributed by atoms with Crippen LogP contribution in [0.1, 0.15) is 15.9 Å². The molecule has 1 amide bonds. The van der Waals surface area contributed by atoms with Gasteiger partial charge in [0.1, 0.15) is 0 Å². The second-order valence-electron chi connectivity index (χ2n) is 6.87. The summed E-state index contributed by atoms with van der Waals surface area (Å²) in [6.07, 6.45) is -4.72. The highest BCUT2D eigenvalue weighted by Gasteiger charge is 2.33. The lowest BCUT2D eigenvalue weighted by Crippen LogP contribution is -2.37. The third kappa shape index (κ3) is 6.11. The molecule has 0 saturated carbocycles. The van der Waals surface area contributed by atoms with Crippen LogP contribution in [-0.4, -0.2) is 49.7 Å². The average Bonchev–Trinajstić information content (AvgIpc) is 2.78. The maximum Gasteiger partial charge on any atom is 0.417 e. The molecular formula is C20H17ClF3N3O6. The predicted molar refractivity (Wildman–Crippen MR) is 111 cm³/mol. The minimum Gasteiger partial charge on any atom is -0.452 e.